The van der Waals surface area contributed by atoms with Gasteiger partial charge in [0, 0.05) is 18.0 Å². The van der Waals surface area contributed by atoms with Crippen molar-refractivity contribution >= 4 is 10.9 Å². The molecule has 0 atom stereocenters. The van der Waals surface area contributed by atoms with Crippen LogP contribution in [0.25, 0.3) is 22.3 Å². The summed E-state index contributed by atoms with van der Waals surface area (Å²) in [5, 5.41) is 10.9. The van der Waals surface area contributed by atoms with Gasteiger partial charge in [-0.3, -0.25) is 4.98 Å². The quantitative estimate of drug-likeness (QED) is 0.613. The maximum atomic E-state index is 10.1. The number of pyridine rings is 1. The number of para-hydroxylation sites is 2. The summed E-state index contributed by atoms with van der Waals surface area (Å²) in [6.45, 7) is 0.356. The number of phenolic OH excluding ortho intramolecular Hbond substituents is 1. The summed E-state index contributed by atoms with van der Waals surface area (Å²) < 4.78 is 5.93. The zero-order chi connectivity index (χ0) is 17.1. The normalized spacial score (nSPS) is 10.7. The Balaban J connectivity index is 1.78. The van der Waals surface area contributed by atoms with E-state index in [1.165, 1.54) is 0 Å². The predicted molar refractivity (Wildman–Crippen MR) is 95.2 cm³/mol. The second-order valence-corrected chi connectivity index (χ2v) is 5.54. The SMILES string of the molecule is Oc1ccccc1-c1nc(OCc2cccnc2)c2ccccc2n1. The first kappa shape index (κ1) is 15.1. The first-order chi connectivity index (χ1) is 12.3. The second kappa shape index (κ2) is 6.57. The molecule has 0 aliphatic heterocycles. The Bertz CT molecular complexity index is 1020. The average molecular weight is 329 g/mol. The molecule has 0 amide bonds. The van der Waals surface area contributed by atoms with Crippen molar-refractivity contribution in [3.8, 4) is 23.0 Å². The lowest BCUT2D eigenvalue weighted by Crippen LogP contribution is -2.01. The molecule has 0 radical (unpaired) electrons. The molecule has 4 aromatic rings. The zero-order valence-corrected chi connectivity index (χ0v) is 13.3. The maximum Gasteiger partial charge on any atom is 0.225 e. The summed E-state index contributed by atoms with van der Waals surface area (Å²) in [5.41, 5.74) is 2.28. The van der Waals surface area contributed by atoms with Gasteiger partial charge in [-0.2, -0.15) is 4.98 Å². The number of hydrogen-bond acceptors (Lipinski definition) is 5. The number of nitrogens with zero attached hydrogens (tertiary/aromatic N) is 3. The minimum absolute atomic E-state index is 0.135. The molecule has 25 heavy (non-hydrogen) atoms. The minimum atomic E-state index is 0.135. The number of ether oxygens (including phenoxy) is 1. The lowest BCUT2D eigenvalue weighted by atomic mass is 10.1. The van der Waals surface area contributed by atoms with Crippen molar-refractivity contribution in [2.24, 2.45) is 0 Å². The van der Waals surface area contributed by atoms with Gasteiger partial charge in [-0.05, 0) is 30.3 Å². The Morgan fingerprint density at radius 3 is 2.56 bits per heavy atom. The molecule has 0 saturated carbocycles. The van der Waals surface area contributed by atoms with E-state index in [1.807, 2.05) is 42.5 Å². The van der Waals surface area contributed by atoms with Crippen molar-refractivity contribution in [2.75, 3.05) is 0 Å². The van der Waals surface area contributed by atoms with Crippen molar-refractivity contribution in [2.45, 2.75) is 6.61 Å². The number of aromatic nitrogens is 3. The largest absolute Gasteiger partial charge is 0.507 e. The first-order valence-corrected chi connectivity index (χ1v) is 7.88. The lowest BCUT2D eigenvalue weighted by molar-refractivity contribution is 0.297. The molecule has 1 N–H and O–H groups in total. The van der Waals surface area contributed by atoms with Gasteiger partial charge in [0.2, 0.25) is 5.88 Å². The smallest absolute Gasteiger partial charge is 0.225 e. The third kappa shape index (κ3) is 3.12. The molecule has 4 rings (SSSR count). The second-order valence-electron chi connectivity index (χ2n) is 5.54. The number of aromatic hydroxyl groups is 1. The van der Waals surface area contributed by atoms with Crippen molar-refractivity contribution in [1.82, 2.24) is 15.0 Å². The Kier molecular flexibility index (Phi) is 3.96. The summed E-state index contributed by atoms with van der Waals surface area (Å²) in [7, 11) is 0. The molecule has 5 nitrogen and oxygen atoms in total. The van der Waals surface area contributed by atoms with Crippen LogP contribution in [0.3, 0.4) is 0 Å². The van der Waals surface area contributed by atoms with Gasteiger partial charge in [0.25, 0.3) is 0 Å². The zero-order valence-electron chi connectivity index (χ0n) is 13.3. The van der Waals surface area contributed by atoms with Gasteiger partial charge in [0.05, 0.1) is 16.5 Å². The fourth-order valence-corrected chi connectivity index (χ4v) is 2.58. The van der Waals surface area contributed by atoms with E-state index in [0.717, 1.165) is 16.5 Å². The monoisotopic (exact) mass is 329 g/mol. The predicted octanol–water partition coefficient (Wildman–Crippen LogP) is 3.98. The summed E-state index contributed by atoms with van der Waals surface area (Å²) in [5.74, 6) is 1.04. The Labute approximate surface area is 144 Å². The van der Waals surface area contributed by atoms with Crippen LogP contribution in [0.15, 0.2) is 73.1 Å². The molecule has 0 spiro atoms. The van der Waals surface area contributed by atoms with E-state index < -0.39 is 0 Å². The molecular weight excluding hydrogens is 314 g/mol. The Morgan fingerprint density at radius 2 is 1.72 bits per heavy atom. The molecule has 0 fully saturated rings. The fraction of sp³-hybridized carbons (Fsp3) is 0.0500. The first-order valence-electron chi connectivity index (χ1n) is 7.88. The third-order valence-electron chi connectivity index (χ3n) is 3.81. The summed E-state index contributed by atoms with van der Waals surface area (Å²) in [6.07, 6.45) is 3.48. The minimum Gasteiger partial charge on any atom is -0.507 e. The van der Waals surface area contributed by atoms with E-state index in [-0.39, 0.29) is 5.75 Å². The molecule has 0 bridgehead atoms. The molecule has 122 valence electrons. The number of rotatable bonds is 4. The molecule has 0 saturated heterocycles. The molecule has 0 aliphatic carbocycles. The van der Waals surface area contributed by atoms with Crippen molar-refractivity contribution < 1.29 is 9.84 Å². The summed E-state index contributed by atoms with van der Waals surface area (Å²) in [4.78, 5) is 13.2. The van der Waals surface area contributed by atoms with Gasteiger partial charge < -0.3 is 9.84 Å². The third-order valence-corrected chi connectivity index (χ3v) is 3.81. The van der Waals surface area contributed by atoms with Gasteiger partial charge in [-0.1, -0.05) is 30.3 Å². The highest BCUT2D eigenvalue weighted by atomic mass is 16.5. The topological polar surface area (TPSA) is 68.1 Å². The van der Waals surface area contributed by atoms with Gasteiger partial charge >= 0.3 is 0 Å². The number of fused-ring (bicyclic) bond motifs is 1. The van der Waals surface area contributed by atoms with Crippen LogP contribution >= 0.6 is 0 Å². The summed E-state index contributed by atoms with van der Waals surface area (Å²) >= 11 is 0. The van der Waals surface area contributed by atoms with Crippen LogP contribution in [0.1, 0.15) is 5.56 Å². The van der Waals surface area contributed by atoms with Crippen molar-refractivity contribution in [1.29, 1.82) is 0 Å². The van der Waals surface area contributed by atoms with Gasteiger partial charge in [0.15, 0.2) is 5.82 Å². The molecule has 0 aliphatic rings. The number of phenols is 1. The highest BCUT2D eigenvalue weighted by Crippen LogP contribution is 2.31. The molecule has 2 aromatic carbocycles. The molecular formula is C20H15N3O2. The van der Waals surface area contributed by atoms with Crippen LogP contribution < -0.4 is 4.74 Å². The van der Waals surface area contributed by atoms with Crippen LogP contribution in [0.2, 0.25) is 0 Å². The molecule has 0 unspecified atom stereocenters. The average Bonchev–Trinajstić information content (AvgIpc) is 2.67. The van der Waals surface area contributed by atoms with E-state index in [9.17, 15) is 5.11 Å². The maximum absolute atomic E-state index is 10.1. The highest BCUT2D eigenvalue weighted by molar-refractivity contribution is 5.85. The van der Waals surface area contributed by atoms with Crippen molar-refractivity contribution in [3.05, 3.63) is 78.6 Å². The Morgan fingerprint density at radius 1 is 0.880 bits per heavy atom. The van der Waals surface area contributed by atoms with Crippen LogP contribution in [-0.2, 0) is 6.61 Å². The lowest BCUT2D eigenvalue weighted by Gasteiger charge is -2.11. The van der Waals surface area contributed by atoms with E-state index >= 15 is 0 Å². The molecule has 2 aromatic heterocycles. The molecule has 5 heteroatoms. The fourth-order valence-electron chi connectivity index (χ4n) is 2.58. The van der Waals surface area contributed by atoms with Gasteiger partial charge in [0.1, 0.15) is 12.4 Å². The van der Waals surface area contributed by atoms with E-state index in [2.05, 4.69) is 15.0 Å². The van der Waals surface area contributed by atoms with E-state index in [4.69, 9.17) is 4.74 Å². The van der Waals surface area contributed by atoms with Crippen LogP contribution in [0.5, 0.6) is 11.6 Å². The van der Waals surface area contributed by atoms with Crippen LogP contribution in [0.4, 0.5) is 0 Å². The van der Waals surface area contributed by atoms with E-state index in [1.54, 1.807) is 30.6 Å². The standard InChI is InChI=1S/C20H15N3O2/c24-18-10-4-2-8-16(18)19-22-17-9-3-1-7-15(17)20(23-19)25-13-14-6-5-11-21-12-14/h1-12,24H,13H2. The van der Waals surface area contributed by atoms with Gasteiger partial charge in [-0.25, -0.2) is 4.98 Å². The van der Waals surface area contributed by atoms with Crippen molar-refractivity contribution in [3.63, 3.8) is 0 Å². The van der Waals surface area contributed by atoms with Crippen LogP contribution in [-0.4, -0.2) is 20.1 Å². The summed E-state index contributed by atoms with van der Waals surface area (Å²) in [6, 6.07) is 18.5. The van der Waals surface area contributed by atoms with E-state index in [0.29, 0.717) is 23.9 Å². The van der Waals surface area contributed by atoms with Crippen LogP contribution in [0, 0.1) is 0 Å². The van der Waals surface area contributed by atoms with Gasteiger partial charge in [-0.15, -0.1) is 0 Å². The molecule has 2 heterocycles. The number of hydrogen-bond donors (Lipinski definition) is 1. The highest BCUT2D eigenvalue weighted by Gasteiger charge is 2.13. The Hall–Kier alpha value is -3.47. The number of benzene rings is 2.